The molecule has 0 saturated carbocycles. The molecule has 1 unspecified atom stereocenters. The second kappa shape index (κ2) is 11.4. The van der Waals surface area contributed by atoms with Crippen molar-refractivity contribution in [2.45, 2.75) is 38.0 Å². The normalized spacial score (nSPS) is 20.2. The van der Waals surface area contributed by atoms with E-state index in [9.17, 15) is 4.79 Å². The Kier molecular flexibility index (Phi) is 7.78. The monoisotopic (exact) mass is 504 g/mol. The van der Waals surface area contributed by atoms with Crippen molar-refractivity contribution in [3.05, 3.63) is 76.4 Å². The van der Waals surface area contributed by atoms with Gasteiger partial charge in [0.1, 0.15) is 12.1 Å². The van der Waals surface area contributed by atoms with Gasteiger partial charge in [0.2, 0.25) is 5.91 Å². The zero-order chi connectivity index (χ0) is 24.9. The minimum atomic E-state index is -0.281. The Bertz CT molecular complexity index is 1170. The lowest BCUT2D eigenvalue weighted by Crippen LogP contribution is -2.51. The molecule has 0 bridgehead atoms. The highest BCUT2D eigenvalue weighted by Gasteiger charge is 2.32. The highest BCUT2D eigenvalue weighted by atomic mass is 35.5. The average molecular weight is 505 g/mol. The molecule has 36 heavy (non-hydrogen) atoms. The van der Waals surface area contributed by atoms with Crippen LogP contribution < -0.4 is 10.2 Å². The van der Waals surface area contributed by atoms with E-state index in [1.54, 1.807) is 6.33 Å². The van der Waals surface area contributed by atoms with Crippen molar-refractivity contribution in [3.8, 4) is 0 Å². The maximum Gasteiger partial charge on any atom is 0.231 e. The van der Waals surface area contributed by atoms with Gasteiger partial charge in [-0.2, -0.15) is 0 Å². The Balaban J connectivity index is 1.26. The fourth-order valence-corrected chi connectivity index (χ4v) is 5.40. The van der Waals surface area contributed by atoms with Crippen LogP contribution >= 0.6 is 11.6 Å². The summed E-state index contributed by atoms with van der Waals surface area (Å²) in [6.45, 7) is 6.38. The molecule has 1 amide bonds. The van der Waals surface area contributed by atoms with Gasteiger partial charge in [-0.3, -0.25) is 9.79 Å². The van der Waals surface area contributed by atoms with E-state index in [2.05, 4.69) is 44.3 Å². The third kappa shape index (κ3) is 5.52. The molecule has 1 saturated heterocycles. The molecule has 7 nitrogen and oxygen atoms in total. The van der Waals surface area contributed by atoms with Crippen LogP contribution in [-0.2, 0) is 11.2 Å². The van der Waals surface area contributed by atoms with Crippen LogP contribution in [0.3, 0.4) is 0 Å². The first-order valence-corrected chi connectivity index (χ1v) is 13.2. The average Bonchev–Trinajstić information content (AvgIpc) is 3.11. The highest BCUT2D eigenvalue weighted by molar-refractivity contribution is 6.30. The lowest BCUT2D eigenvalue weighted by Gasteiger charge is -2.38. The second-order valence-corrected chi connectivity index (χ2v) is 10.2. The number of carbonyl (C=O) groups is 1. The van der Waals surface area contributed by atoms with Gasteiger partial charge in [-0.25, -0.2) is 9.97 Å². The summed E-state index contributed by atoms with van der Waals surface area (Å²) >= 11 is 6.14. The summed E-state index contributed by atoms with van der Waals surface area (Å²) in [4.78, 5) is 31.5. The van der Waals surface area contributed by atoms with Crippen molar-refractivity contribution in [3.63, 3.8) is 0 Å². The van der Waals surface area contributed by atoms with Crippen molar-refractivity contribution < 1.29 is 4.79 Å². The highest BCUT2D eigenvalue weighted by Crippen LogP contribution is 2.37. The molecule has 8 heteroatoms. The first-order valence-electron chi connectivity index (χ1n) is 12.8. The number of carbonyl (C=O) groups excluding carboxylic acids is 1. The van der Waals surface area contributed by atoms with Gasteiger partial charge >= 0.3 is 0 Å². The van der Waals surface area contributed by atoms with Crippen LogP contribution in [0.15, 0.2) is 59.5 Å². The Morgan fingerprint density at radius 1 is 1.17 bits per heavy atom. The molecule has 3 heterocycles. The van der Waals surface area contributed by atoms with E-state index < -0.39 is 0 Å². The number of piperazine rings is 1. The summed E-state index contributed by atoms with van der Waals surface area (Å²) in [5, 5.41) is 4.15. The molecule has 1 N–H and O–H groups in total. The molecule has 2 atom stereocenters. The lowest BCUT2D eigenvalue weighted by atomic mass is 9.96. The number of nitrogens with one attached hydrogen (secondary N) is 1. The van der Waals surface area contributed by atoms with Gasteiger partial charge in [-0.15, -0.1) is 0 Å². The van der Waals surface area contributed by atoms with Gasteiger partial charge in [-0.1, -0.05) is 42.8 Å². The molecule has 0 radical (unpaired) electrons. The van der Waals surface area contributed by atoms with E-state index in [1.807, 2.05) is 41.6 Å². The number of hydrogen-bond donors (Lipinski definition) is 1. The molecular weight excluding hydrogens is 472 g/mol. The smallest absolute Gasteiger partial charge is 0.231 e. The molecule has 5 rings (SSSR count). The van der Waals surface area contributed by atoms with Crippen LogP contribution in [0.25, 0.3) is 0 Å². The number of rotatable bonds is 7. The Hall–Kier alpha value is -3.03. The van der Waals surface area contributed by atoms with Crippen molar-refractivity contribution in [1.82, 2.24) is 20.2 Å². The predicted octanol–water partition coefficient (Wildman–Crippen LogP) is 4.12. The second-order valence-electron chi connectivity index (χ2n) is 9.72. The number of benzene rings is 1. The third-order valence-electron chi connectivity index (χ3n) is 7.31. The maximum atomic E-state index is 13.8. The molecule has 3 aliphatic rings. The number of aliphatic imine (C=N–C) groups is 1. The van der Waals surface area contributed by atoms with Gasteiger partial charge < -0.3 is 15.1 Å². The van der Waals surface area contributed by atoms with E-state index in [-0.39, 0.29) is 11.8 Å². The lowest BCUT2D eigenvalue weighted by molar-refractivity contribution is -0.133. The predicted molar refractivity (Wildman–Crippen MR) is 145 cm³/mol. The van der Waals surface area contributed by atoms with Crippen molar-refractivity contribution in [2.24, 2.45) is 4.99 Å². The topological polar surface area (TPSA) is 73.7 Å². The first kappa shape index (κ1) is 24.7. The van der Waals surface area contributed by atoms with Crippen molar-refractivity contribution in [2.75, 3.05) is 44.2 Å². The van der Waals surface area contributed by atoms with E-state index in [0.29, 0.717) is 37.1 Å². The summed E-state index contributed by atoms with van der Waals surface area (Å²) in [7, 11) is 0. The molecule has 2 aromatic rings. The minimum absolute atomic E-state index is 0.147. The fraction of sp³-hybridized carbons (Fsp3) is 0.429. The van der Waals surface area contributed by atoms with Crippen molar-refractivity contribution >= 4 is 29.5 Å². The zero-order valence-corrected chi connectivity index (χ0v) is 21.5. The molecule has 1 aromatic heterocycles. The molecule has 0 spiro atoms. The molecule has 1 aromatic carbocycles. The van der Waals surface area contributed by atoms with Gasteiger partial charge in [0, 0.05) is 74.4 Å². The van der Waals surface area contributed by atoms with Crippen LogP contribution in [0.1, 0.15) is 48.4 Å². The standard InChI is InChI=1S/C28H33ClN6O/c1-20-5-10-25-26(20)27(33-19-32-25)34-12-14-35(15-13-34)28(36)24(22-6-8-23(29)9-7-22)18-31-17-21-4-2-3-11-30-16-21/h2,4,6-9,11,16,19-20,24,31H,3,5,10,12-15,17-18H2,1H3/t20-,24?/m1/s1. The zero-order valence-electron chi connectivity index (χ0n) is 20.7. The largest absolute Gasteiger partial charge is 0.353 e. The number of hydrogen-bond acceptors (Lipinski definition) is 6. The number of allylic oxidation sites excluding steroid dienone is 1. The molecule has 1 fully saturated rings. The fourth-order valence-electron chi connectivity index (χ4n) is 5.27. The summed E-state index contributed by atoms with van der Waals surface area (Å²) in [6.07, 6.45) is 12.6. The summed E-state index contributed by atoms with van der Waals surface area (Å²) in [5.41, 5.74) is 4.56. The van der Waals surface area contributed by atoms with E-state index in [4.69, 9.17) is 11.6 Å². The Morgan fingerprint density at radius 2 is 1.97 bits per heavy atom. The Morgan fingerprint density at radius 3 is 2.78 bits per heavy atom. The number of aromatic nitrogens is 2. The van der Waals surface area contributed by atoms with Crippen LogP contribution in [0.2, 0.25) is 5.02 Å². The van der Waals surface area contributed by atoms with Gasteiger partial charge in [0.25, 0.3) is 0 Å². The SMILES string of the molecule is C[C@@H]1CCc2ncnc(N3CCN(C(=O)C(CNCC4=CN=CCC=C4)c4ccc(Cl)cc4)CC3)c21. The number of fused-ring (bicyclic) bond motifs is 1. The molecule has 188 valence electrons. The third-order valence-corrected chi connectivity index (χ3v) is 7.56. The summed E-state index contributed by atoms with van der Waals surface area (Å²) in [5.74, 6) is 1.41. The van der Waals surface area contributed by atoms with E-state index in [0.717, 1.165) is 49.3 Å². The van der Waals surface area contributed by atoms with Crippen LogP contribution in [-0.4, -0.2) is 66.3 Å². The van der Waals surface area contributed by atoms with Gasteiger partial charge in [0.05, 0.1) is 5.92 Å². The number of aryl methyl sites for hydroxylation is 1. The van der Waals surface area contributed by atoms with Crippen LogP contribution in [0, 0.1) is 0 Å². The number of halogens is 1. The van der Waals surface area contributed by atoms with Crippen LogP contribution in [0.4, 0.5) is 5.82 Å². The Labute approximate surface area is 218 Å². The molecule has 1 aliphatic carbocycles. The van der Waals surface area contributed by atoms with Gasteiger partial charge in [0.15, 0.2) is 0 Å². The van der Waals surface area contributed by atoms with Crippen LogP contribution in [0.5, 0.6) is 0 Å². The van der Waals surface area contributed by atoms with Crippen molar-refractivity contribution in [1.29, 1.82) is 0 Å². The molecule has 2 aliphatic heterocycles. The van der Waals surface area contributed by atoms with Gasteiger partial charge in [-0.05, 0) is 42.0 Å². The molecular formula is C28H33ClN6O. The van der Waals surface area contributed by atoms with E-state index in [1.165, 1.54) is 11.3 Å². The number of amides is 1. The summed E-state index contributed by atoms with van der Waals surface area (Å²) in [6, 6.07) is 7.64. The van der Waals surface area contributed by atoms with E-state index >= 15 is 0 Å². The number of nitrogens with zero attached hydrogens (tertiary/aromatic N) is 5. The summed E-state index contributed by atoms with van der Waals surface area (Å²) < 4.78 is 0. The first-order chi connectivity index (χ1) is 17.6. The minimum Gasteiger partial charge on any atom is -0.353 e. The number of anilines is 1. The maximum absolute atomic E-state index is 13.8. The quantitative estimate of drug-likeness (QED) is 0.614.